The Hall–Kier alpha value is -2.74. The molecule has 1 aromatic heterocycles. The molecular weight excluding hydrogens is 420 g/mol. The highest BCUT2D eigenvalue weighted by atomic mass is 16.7. The van der Waals surface area contributed by atoms with Crippen molar-refractivity contribution in [3.8, 4) is 11.5 Å². The molecule has 1 atom stereocenters. The molecule has 33 heavy (non-hydrogen) atoms. The number of carbonyl (C=O) groups is 1. The van der Waals surface area contributed by atoms with Gasteiger partial charge >= 0.3 is 6.03 Å². The van der Waals surface area contributed by atoms with Crippen molar-refractivity contribution in [2.45, 2.75) is 70.5 Å². The van der Waals surface area contributed by atoms with Gasteiger partial charge in [-0.25, -0.2) is 4.79 Å². The molecule has 2 aliphatic heterocycles. The number of aromatic amines is 1. The number of hydrogen-bond acceptors (Lipinski definition) is 5. The van der Waals surface area contributed by atoms with Gasteiger partial charge in [-0.15, -0.1) is 0 Å². The summed E-state index contributed by atoms with van der Waals surface area (Å²) in [6.45, 7) is 5.32. The molecular formula is C25H34N4O4. The molecule has 1 saturated carbocycles. The van der Waals surface area contributed by atoms with Crippen LogP contribution in [0, 0.1) is 0 Å². The van der Waals surface area contributed by atoms with E-state index in [0.717, 1.165) is 57.0 Å². The number of amides is 2. The second kappa shape index (κ2) is 9.63. The molecule has 1 aromatic carbocycles. The van der Waals surface area contributed by atoms with Gasteiger partial charge < -0.3 is 24.7 Å². The molecule has 8 nitrogen and oxygen atoms in total. The van der Waals surface area contributed by atoms with Crippen LogP contribution in [0.15, 0.2) is 23.0 Å². The molecule has 1 aliphatic carbocycles. The lowest BCUT2D eigenvalue weighted by Crippen LogP contribution is -2.50. The molecule has 1 saturated heterocycles. The van der Waals surface area contributed by atoms with Gasteiger partial charge in [-0.1, -0.05) is 26.2 Å². The molecule has 2 aromatic rings. The fourth-order valence-corrected chi connectivity index (χ4v) is 5.47. The van der Waals surface area contributed by atoms with Crippen LogP contribution in [0.5, 0.6) is 11.5 Å². The van der Waals surface area contributed by atoms with E-state index in [-0.39, 0.29) is 31.0 Å². The van der Waals surface area contributed by atoms with E-state index in [1.165, 1.54) is 6.42 Å². The lowest BCUT2D eigenvalue weighted by atomic mass is 9.96. The van der Waals surface area contributed by atoms with Gasteiger partial charge in [-0.05, 0) is 50.9 Å². The van der Waals surface area contributed by atoms with E-state index in [2.05, 4.69) is 22.1 Å². The number of nitrogens with one attached hydrogen (secondary N) is 2. The maximum absolute atomic E-state index is 13.4. The van der Waals surface area contributed by atoms with Crippen LogP contribution >= 0.6 is 0 Å². The summed E-state index contributed by atoms with van der Waals surface area (Å²) in [5.74, 6) is 1.32. The predicted octanol–water partition coefficient (Wildman–Crippen LogP) is 3.59. The van der Waals surface area contributed by atoms with Crippen LogP contribution in [-0.2, 0) is 6.54 Å². The van der Waals surface area contributed by atoms with Crippen molar-refractivity contribution in [1.82, 2.24) is 20.1 Å². The van der Waals surface area contributed by atoms with Crippen LogP contribution < -0.4 is 20.3 Å². The third-order valence-electron chi connectivity index (χ3n) is 7.33. The van der Waals surface area contributed by atoms with Gasteiger partial charge in [0.1, 0.15) is 0 Å². The number of rotatable bonds is 6. The lowest BCUT2D eigenvalue weighted by molar-refractivity contribution is 0.159. The van der Waals surface area contributed by atoms with Crippen LogP contribution in [-0.4, -0.2) is 59.3 Å². The highest BCUT2D eigenvalue weighted by Crippen LogP contribution is 2.35. The highest BCUT2D eigenvalue weighted by molar-refractivity contribution is 5.83. The average Bonchev–Trinajstić information content (AvgIpc) is 3.46. The average molecular weight is 455 g/mol. The minimum Gasteiger partial charge on any atom is -0.454 e. The summed E-state index contributed by atoms with van der Waals surface area (Å²) in [7, 11) is 0. The maximum Gasteiger partial charge on any atom is 0.317 e. The van der Waals surface area contributed by atoms with Crippen molar-refractivity contribution in [2.24, 2.45) is 0 Å². The summed E-state index contributed by atoms with van der Waals surface area (Å²) in [5, 5.41) is 4.13. The number of carbonyl (C=O) groups excluding carboxylic acids is 1. The lowest BCUT2D eigenvalue weighted by Gasteiger charge is -2.32. The number of fused-ring (bicyclic) bond motifs is 2. The van der Waals surface area contributed by atoms with Crippen LogP contribution in [0.3, 0.4) is 0 Å². The first-order valence-electron chi connectivity index (χ1n) is 12.4. The molecule has 3 aliphatic rings. The summed E-state index contributed by atoms with van der Waals surface area (Å²) in [4.78, 5) is 33.6. The molecule has 3 heterocycles. The Bertz CT molecular complexity index is 1060. The molecule has 8 heteroatoms. The summed E-state index contributed by atoms with van der Waals surface area (Å²) < 4.78 is 10.9. The number of urea groups is 1. The Kier molecular flexibility index (Phi) is 6.44. The normalized spacial score (nSPS) is 20.9. The number of likely N-dealkylation sites (N-methyl/N-ethyl adjacent to an activating group) is 1. The Balaban J connectivity index is 1.39. The van der Waals surface area contributed by atoms with Gasteiger partial charge in [-0.2, -0.15) is 0 Å². The number of pyridine rings is 1. The Morgan fingerprint density at radius 1 is 1.12 bits per heavy atom. The zero-order chi connectivity index (χ0) is 22.8. The molecule has 0 unspecified atom stereocenters. The van der Waals surface area contributed by atoms with E-state index in [1.54, 1.807) is 6.07 Å². The summed E-state index contributed by atoms with van der Waals surface area (Å²) in [6, 6.07) is 6.07. The largest absolute Gasteiger partial charge is 0.454 e. The monoisotopic (exact) mass is 454 g/mol. The summed E-state index contributed by atoms with van der Waals surface area (Å²) >= 11 is 0. The minimum absolute atomic E-state index is 0.0602. The Labute approximate surface area is 194 Å². The summed E-state index contributed by atoms with van der Waals surface area (Å²) in [6.07, 6.45) is 7.88. The second-order valence-corrected chi connectivity index (χ2v) is 9.51. The molecule has 2 N–H and O–H groups in total. The third kappa shape index (κ3) is 4.81. The van der Waals surface area contributed by atoms with E-state index in [4.69, 9.17) is 9.47 Å². The van der Waals surface area contributed by atoms with Gasteiger partial charge in [0.15, 0.2) is 11.5 Å². The number of ether oxygens (including phenoxy) is 2. The fraction of sp³-hybridized carbons (Fsp3) is 0.600. The van der Waals surface area contributed by atoms with Gasteiger partial charge in [0.05, 0.1) is 12.1 Å². The first kappa shape index (κ1) is 22.1. The Morgan fingerprint density at radius 3 is 2.70 bits per heavy atom. The topological polar surface area (TPSA) is 86.9 Å². The predicted molar refractivity (Wildman–Crippen MR) is 127 cm³/mol. The van der Waals surface area contributed by atoms with E-state index >= 15 is 0 Å². The molecule has 0 bridgehead atoms. The van der Waals surface area contributed by atoms with Crippen LogP contribution in [0.2, 0.25) is 0 Å². The summed E-state index contributed by atoms with van der Waals surface area (Å²) in [5.41, 5.74) is 1.12. The van der Waals surface area contributed by atoms with Crippen molar-refractivity contribution < 1.29 is 14.3 Å². The number of benzene rings is 1. The first-order valence-corrected chi connectivity index (χ1v) is 12.4. The van der Waals surface area contributed by atoms with Crippen molar-refractivity contribution >= 4 is 16.9 Å². The van der Waals surface area contributed by atoms with Crippen LogP contribution in [0.1, 0.15) is 57.4 Å². The van der Waals surface area contributed by atoms with Gasteiger partial charge in [0.25, 0.3) is 5.56 Å². The molecule has 5 rings (SSSR count). The van der Waals surface area contributed by atoms with Gasteiger partial charge in [0.2, 0.25) is 6.79 Å². The van der Waals surface area contributed by atoms with E-state index < -0.39 is 0 Å². The first-order chi connectivity index (χ1) is 16.1. The zero-order valence-corrected chi connectivity index (χ0v) is 19.4. The molecule has 0 radical (unpaired) electrons. The SMILES string of the molecule is CCN1CCC[C@@H]1CN(Cc1cc2cc3c(cc2[nH]c1=O)OCO3)C(=O)NC1CCCCC1. The van der Waals surface area contributed by atoms with E-state index in [0.29, 0.717) is 35.2 Å². The van der Waals surface area contributed by atoms with Crippen molar-refractivity contribution in [3.05, 3.63) is 34.1 Å². The number of likely N-dealkylation sites (tertiary alicyclic amines) is 1. The van der Waals surface area contributed by atoms with Gasteiger partial charge in [0, 0.05) is 35.6 Å². The number of nitrogens with zero attached hydrogens (tertiary/aromatic N) is 2. The standard InChI is InChI=1S/C25H34N4O4/c1-2-28-10-6-9-20(28)15-29(25(31)26-19-7-4-3-5-8-19)14-18-11-17-12-22-23(33-16-32-22)13-21(17)27-24(18)30/h11-13,19-20H,2-10,14-16H2,1H3,(H,26,31)(H,27,30)/t20-/m1/s1. The minimum atomic E-state index is -0.171. The quantitative estimate of drug-likeness (QED) is 0.697. The highest BCUT2D eigenvalue weighted by Gasteiger charge is 2.29. The maximum atomic E-state index is 13.4. The number of H-pyrrole nitrogens is 1. The molecule has 2 amide bonds. The molecule has 2 fully saturated rings. The third-order valence-corrected chi connectivity index (χ3v) is 7.33. The molecule has 0 spiro atoms. The molecule has 178 valence electrons. The van der Waals surface area contributed by atoms with Gasteiger partial charge in [-0.3, -0.25) is 9.69 Å². The smallest absolute Gasteiger partial charge is 0.317 e. The second-order valence-electron chi connectivity index (χ2n) is 9.51. The Morgan fingerprint density at radius 2 is 1.91 bits per heavy atom. The van der Waals surface area contributed by atoms with Crippen LogP contribution in [0.25, 0.3) is 10.9 Å². The van der Waals surface area contributed by atoms with E-state index in [1.807, 2.05) is 17.0 Å². The van der Waals surface area contributed by atoms with Crippen molar-refractivity contribution in [3.63, 3.8) is 0 Å². The van der Waals surface area contributed by atoms with Crippen LogP contribution in [0.4, 0.5) is 4.79 Å². The number of hydrogen-bond donors (Lipinski definition) is 2. The fourth-order valence-electron chi connectivity index (χ4n) is 5.47. The number of aromatic nitrogens is 1. The van der Waals surface area contributed by atoms with Crippen molar-refractivity contribution in [2.75, 3.05) is 26.4 Å². The van der Waals surface area contributed by atoms with Crippen molar-refractivity contribution in [1.29, 1.82) is 0 Å². The van der Waals surface area contributed by atoms with E-state index in [9.17, 15) is 9.59 Å². The zero-order valence-electron chi connectivity index (χ0n) is 19.4.